The van der Waals surface area contributed by atoms with E-state index in [1.165, 1.54) is 0 Å². The summed E-state index contributed by atoms with van der Waals surface area (Å²) in [5.41, 5.74) is 3.15. The van der Waals surface area contributed by atoms with Crippen LogP contribution in [0.15, 0.2) is 0 Å². The van der Waals surface area contributed by atoms with Gasteiger partial charge in [-0.1, -0.05) is 6.42 Å². The van der Waals surface area contributed by atoms with E-state index in [0.717, 1.165) is 45.1 Å². The van der Waals surface area contributed by atoms with Crippen molar-refractivity contribution >= 4 is 17.6 Å². The van der Waals surface area contributed by atoms with Crippen molar-refractivity contribution in [3.8, 4) is 0 Å². The Labute approximate surface area is 129 Å². The maximum absolute atomic E-state index is 11.2. The SMILES string of the molecule is O=C(O)C1CCCC(C2NOC(C3CCC(Cl)NC3)N2)C1. The van der Waals surface area contributed by atoms with Gasteiger partial charge in [-0.15, -0.1) is 11.6 Å². The molecule has 2 aliphatic heterocycles. The fraction of sp³-hybridized carbons (Fsp3) is 0.929. The van der Waals surface area contributed by atoms with E-state index < -0.39 is 5.97 Å². The first-order valence-electron chi connectivity index (χ1n) is 7.91. The molecule has 4 N–H and O–H groups in total. The lowest BCUT2D eigenvalue weighted by Crippen LogP contribution is -2.47. The number of rotatable bonds is 3. The molecule has 6 atom stereocenters. The number of hydroxylamine groups is 1. The average molecular weight is 318 g/mol. The maximum Gasteiger partial charge on any atom is 0.306 e. The molecule has 0 aromatic rings. The van der Waals surface area contributed by atoms with Crippen LogP contribution in [-0.2, 0) is 9.63 Å². The van der Waals surface area contributed by atoms with E-state index in [4.69, 9.17) is 16.4 Å². The second kappa shape index (κ2) is 6.79. The van der Waals surface area contributed by atoms with E-state index in [2.05, 4.69) is 16.1 Å². The highest BCUT2D eigenvalue weighted by Gasteiger charge is 2.39. The molecule has 21 heavy (non-hydrogen) atoms. The van der Waals surface area contributed by atoms with E-state index in [0.29, 0.717) is 11.8 Å². The summed E-state index contributed by atoms with van der Waals surface area (Å²) in [7, 11) is 0. The van der Waals surface area contributed by atoms with Crippen LogP contribution in [0.1, 0.15) is 38.5 Å². The van der Waals surface area contributed by atoms with Crippen molar-refractivity contribution in [2.45, 2.75) is 56.4 Å². The molecule has 6 nitrogen and oxygen atoms in total. The third kappa shape index (κ3) is 3.68. The molecule has 6 unspecified atom stereocenters. The largest absolute Gasteiger partial charge is 0.481 e. The molecule has 7 heteroatoms. The number of aliphatic carboxylic acids is 1. The lowest BCUT2D eigenvalue weighted by Gasteiger charge is -2.32. The molecule has 3 rings (SSSR count). The average Bonchev–Trinajstić information content (AvgIpc) is 2.98. The third-order valence-corrected chi connectivity index (χ3v) is 5.39. The van der Waals surface area contributed by atoms with Crippen molar-refractivity contribution in [2.75, 3.05) is 6.54 Å². The molecule has 0 aromatic carbocycles. The predicted octanol–water partition coefficient (Wildman–Crippen LogP) is 1.22. The minimum absolute atomic E-state index is 0.0168. The Morgan fingerprint density at radius 1 is 1.19 bits per heavy atom. The fourth-order valence-electron chi connectivity index (χ4n) is 3.71. The lowest BCUT2D eigenvalue weighted by atomic mass is 9.80. The van der Waals surface area contributed by atoms with Crippen LogP contribution in [0.5, 0.6) is 0 Å². The van der Waals surface area contributed by atoms with Gasteiger partial charge in [-0.2, -0.15) is 5.48 Å². The number of hydrogen-bond donors (Lipinski definition) is 4. The molecular formula is C14H24ClN3O3. The minimum atomic E-state index is -0.667. The van der Waals surface area contributed by atoms with Gasteiger partial charge in [-0.3, -0.25) is 14.9 Å². The highest BCUT2D eigenvalue weighted by atomic mass is 35.5. The summed E-state index contributed by atoms with van der Waals surface area (Å²) in [6, 6.07) is 0. The van der Waals surface area contributed by atoms with Gasteiger partial charge in [-0.05, 0) is 38.0 Å². The van der Waals surface area contributed by atoms with Crippen molar-refractivity contribution < 1.29 is 14.7 Å². The van der Waals surface area contributed by atoms with Gasteiger partial charge in [0.1, 0.15) is 6.23 Å². The van der Waals surface area contributed by atoms with Gasteiger partial charge in [0.15, 0.2) is 0 Å². The molecule has 3 fully saturated rings. The fourth-order valence-corrected chi connectivity index (χ4v) is 3.93. The third-order valence-electron chi connectivity index (χ3n) is 5.02. The van der Waals surface area contributed by atoms with Crippen molar-refractivity contribution in [3.05, 3.63) is 0 Å². The predicted molar refractivity (Wildman–Crippen MR) is 78.4 cm³/mol. The number of halogens is 1. The number of alkyl halides is 1. The zero-order chi connectivity index (χ0) is 14.8. The van der Waals surface area contributed by atoms with Gasteiger partial charge >= 0.3 is 5.97 Å². The first kappa shape index (κ1) is 15.5. The minimum Gasteiger partial charge on any atom is -0.481 e. The Bertz CT molecular complexity index is 376. The Balaban J connectivity index is 1.51. The molecule has 1 aliphatic carbocycles. The molecule has 1 saturated carbocycles. The normalized spacial score (nSPS) is 44.6. The highest BCUT2D eigenvalue weighted by molar-refractivity contribution is 6.20. The van der Waals surface area contributed by atoms with Gasteiger partial charge in [0.05, 0.1) is 17.6 Å². The molecule has 0 aromatic heterocycles. The van der Waals surface area contributed by atoms with E-state index in [1.807, 2.05) is 0 Å². The van der Waals surface area contributed by atoms with Crippen LogP contribution < -0.4 is 16.1 Å². The van der Waals surface area contributed by atoms with Crippen molar-refractivity contribution in [1.82, 2.24) is 16.1 Å². The van der Waals surface area contributed by atoms with Crippen LogP contribution in [0.3, 0.4) is 0 Å². The van der Waals surface area contributed by atoms with Crippen molar-refractivity contribution in [1.29, 1.82) is 0 Å². The number of carbonyl (C=O) groups is 1. The summed E-state index contributed by atoms with van der Waals surface area (Å²) in [6.07, 6.45) is 5.58. The van der Waals surface area contributed by atoms with E-state index in [-0.39, 0.29) is 23.8 Å². The maximum atomic E-state index is 11.2. The van der Waals surface area contributed by atoms with Crippen LogP contribution >= 0.6 is 11.6 Å². The van der Waals surface area contributed by atoms with E-state index in [9.17, 15) is 9.90 Å². The zero-order valence-electron chi connectivity index (χ0n) is 12.1. The second-order valence-corrected chi connectivity index (χ2v) is 7.00. The standard InChI is InChI=1S/C14H24ClN3O3/c15-11-5-4-10(7-16-11)13-17-12(18-21-13)8-2-1-3-9(6-8)14(19)20/h8-13,16-18H,1-7H2,(H,19,20). The quantitative estimate of drug-likeness (QED) is 0.463. The molecule has 2 heterocycles. The Hall–Kier alpha value is -0.400. The summed E-state index contributed by atoms with van der Waals surface area (Å²) in [5, 5.41) is 15.9. The Morgan fingerprint density at radius 2 is 2.05 bits per heavy atom. The number of piperidine rings is 1. The van der Waals surface area contributed by atoms with Gasteiger partial charge in [0.2, 0.25) is 0 Å². The van der Waals surface area contributed by atoms with Gasteiger partial charge in [-0.25, -0.2) is 0 Å². The number of carboxylic acids is 1. The summed E-state index contributed by atoms with van der Waals surface area (Å²) in [5.74, 6) is -0.155. The molecular weight excluding hydrogens is 294 g/mol. The van der Waals surface area contributed by atoms with Crippen LogP contribution in [-0.4, -0.2) is 35.5 Å². The Morgan fingerprint density at radius 3 is 2.76 bits per heavy atom. The van der Waals surface area contributed by atoms with Gasteiger partial charge in [0.25, 0.3) is 0 Å². The highest BCUT2D eigenvalue weighted by Crippen LogP contribution is 2.33. The van der Waals surface area contributed by atoms with Crippen LogP contribution in [0.25, 0.3) is 0 Å². The topological polar surface area (TPSA) is 82.6 Å². The smallest absolute Gasteiger partial charge is 0.306 e. The molecule has 0 bridgehead atoms. The number of hydrogen-bond acceptors (Lipinski definition) is 5. The van der Waals surface area contributed by atoms with Crippen LogP contribution in [0.2, 0.25) is 0 Å². The number of nitrogens with one attached hydrogen (secondary N) is 3. The molecule has 3 aliphatic rings. The monoisotopic (exact) mass is 317 g/mol. The van der Waals surface area contributed by atoms with Crippen LogP contribution in [0.4, 0.5) is 0 Å². The van der Waals surface area contributed by atoms with Crippen molar-refractivity contribution in [2.24, 2.45) is 17.8 Å². The van der Waals surface area contributed by atoms with Crippen molar-refractivity contribution in [3.63, 3.8) is 0 Å². The van der Waals surface area contributed by atoms with Gasteiger partial charge in [0, 0.05) is 12.5 Å². The van der Waals surface area contributed by atoms with Crippen LogP contribution in [0, 0.1) is 17.8 Å². The van der Waals surface area contributed by atoms with E-state index in [1.54, 1.807) is 0 Å². The molecule has 0 spiro atoms. The summed E-state index contributed by atoms with van der Waals surface area (Å²) >= 11 is 6.04. The summed E-state index contributed by atoms with van der Waals surface area (Å²) in [4.78, 5) is 16.9. The zero-order valence-corrected chi connectivity index (χ0v) is 12.8. The lowest BCUT2D eigenvalue weighted by molar-refractivity contribution is -0.143. The summed E-state index contributed by atoms with van der Waals surface area (Å²) < 4.78 is 0. The molecule has 0 amide bonds. The first-order chi connectivity index (χ1) is 10.1. The summed E-state index contributed by atoms with van der Waals surface area (Å²) in [6.45, 7) is 0.850. The molecule has 2 saturated heterocycles. The second-order valence-electron chi connectivity index (χ2n) is 6.48. The molecule has 120 valence electrons. The van der Waals surface area contributed by atoms with E-state index >= 15 is 0 Å². The van der Waals surface area contributed by atoms with Gasteiger partial charge < -0.3 is 10.4 Å². The number of carboxylic acid groups (broad SMARTS) is 1. The molecule has 0 radical (unpaired) electrons. The Kier molecular flexibility index (Phi) is 5.01. The first-order valence-corrected chi connectivity index (χ1v) is 8.34.